The Labute approximate surface area is 126 Å². The minimum absolute atomic E-state index is 0.0606. The molecule has 1 heterocycles. The van der Waals surface area contributed by atoms with Crippen LogP contribution in [0.1, 0.15) is 37.6 Å². The van der Waals surface area contributed by atoms with Gasteiger partial charge in [0.25, 0.3) is 5.91 Å². The van der Waals surface area contributed by atoms with Crippen LogP contribution in [0.2, 0.25) is 0 Å². The maximum Gasteiger partial charge on any atom is 0.253 e. The van der Waals surface area contributed by atoms with Gasteiger partial charge in [0.05, 0.1) is 5.56 Å². The van der Waals surface area contributed by atoms with Crippen molar-refractivity contribution in [3.63, 3.8) is 0 Å². The van der Waals surface area contributed by atoms with Gasteiger partial charge in [-0.1, -0.05) is 38.1 Å². The highest BCUT2D eigenvalue weighted by Gasteiger charge is 2.15. The third kappa shape index (κ3) is 3.51. The molecule has 0 saturated carbocycles. The summed E-state index contributed by atoms with van der Waals surface area (Å²) in [5, 5.41) is 8.00. The lowest BCUT2D eigenvalue weighted by molar-refractivity contribution is 0.0937. The van der Waals surface area contributed by atoms with E-state index in [1.807, 2.05) is 38.2 Å². The summed E-state index contributed by atoms with van der Waals surface area (Å²) in [6, 6.07) is 7.98. The average molecular weight is 285 g/mol. The Kier molecular flexibility index (Phi) is 4.78. The summed E-state index contributed by atoms with van der Waals surface area (Å²) in [6.45, 7) is 6.35. The molecule has 0 aliphatic carbocycles. The molecule has 0 spiro atoms. The predicted molar refractivity (Wildman–Crippen MR) is 87.7 cm³/mol. The van der Waals surface area contributed by atoms with E-state index in [0.717, 1.165) is 23.0 Å². The molecule has 112 valence electrons. The highest BCUT2D eigenvalue weighted by atomic mass is 16.1. The van der Waals surface area contributed by atoms with E-state index < -0.39 is 0 Å². The van der Waals surface area contributed by atoms with Gasteiger partial charge in [-0.15, -0.1) is 0 Å². The van der Waals surface area contributed by atoms with Crippen molar-refractivity contribution < 1.29 is 4.79 Å². The minimum Gasteiger partial charge on any atom is -0.373 e. The summed E-state index contributed by atoms with van der Waals surface area (Å²) < 4.78 is 0. The molecule has 1 amide bonds. The standard InChI is InChI=1S/C17H23N3O/c1-11(2)9-12(3)20-17(21)15-10-19-16(18-4)14-8-6-5-7-13(14)15/h5-8,10-12H,9H2,1-4H3,(H,18,19)(H,20,21). The van der Waals surface area contributed by atoms with Gasteiger partial charge in [-0.25, -0.2) is 4.98 Å². The lowest BCUT2D eigenvalue weighted by Crippen LogP contribution is -2.33. The first kappa shape index (κ1) is 15.3. The number of hydrogen-bond donors (Lipinski definition) is 2. The smallest absolute Gasteiger partial charge is 0.253 e. The molecule has 1 aromatic carbocycles. The van der Waals surface area contributed by atoms with Gasteiger partial charge in [-0.2, -0.15) is 0 Å². The zero-order chi connectivity index (χ0) is 15.4. The molecule has 4 nitrogen and oxygen atoms in total. The van der Waals surface area contributed by atoms with Crippen LogP contribution >= 0.6 is 0 Å². The normalized spacial score (nSPS) is 12.4. The Morgan fingerprint density at radius 2 is 1.86 bits per heavy atom. The lowest BCUT2D eigenvalue weighted by atomic mass is 10.0. The maximum absolute atomic E-state index is 12.5. The zero-order valence-corrected chi connectivity index (χ0v) is 13.1. The molecule has 2 aromatic rings. The Morgan fingerprint density at radius 1 is 1.19 bits per heavy atom. The second kappa shape index (κ2) is 6.57. The number of amides is 1. The summed E-state index contributed by atoms with van der Waals surface area (Å²) >= 11 is 0. The third-order valence-corrected chi connectivity index (χ3v) is 3.48. The van der Waals surface area contributed by atoms with Crippen LogP contribution in [-0.4, -0.2) is 24.0 Å². The van der Waals surface area contributed by atoms with Crippen molar-refractivity contribution in [1.29, 1.82) is 0 Å². The zero-order valence-electron chi connectivity index (χ0n) is 13.1. The summed E-state index contributed by atoms with van der Waals surface area (Å²) in [5.74, 6) is 1.29. The molecule has 1 aromatic heterocycles. The number of nitrogens with zero attached hydrogens (tertiary/aromatic N) is 1. The second-order valence-corrected chi connectivity index (χ2v) is 5.82. The molecule has 4 heteroatoms. The fourth-order valence-electron chi connectivity index (χ4n) is 2.64. The Balaban J connectivity index is 2.32. The second-order valence-electron chi connectivity index (χ2n) is 5.82. The molecular weight excluding hydrogens is 262 g/mol. The number of carbonyl (C=O) groups excluding carboxylic acids is 1. The van der Waals surface area contributed by atoms with E-state index in [2.05, 4.69) is 29.5 Å². The summed E-state index contributed by atoms with van der Waals surface area (Å²) in [4.78, 5) is 16.8. The number of rotatable bonds is 5. The molecule has 0 aliphatic heterocycles. The number of aromatic nitrogens is 1. The van der Waals surface area contributed by atoms with Crippen LogP contribution in [-0.2, 0) is 0 Å². The topological polar surface area (TPSA) is 54.0 Å². The summed E-state index contributed by atoms with van der Waals surface area (Å²) in [6.07, 6.45) is 2.61. The number of nitrogens with one attached hydrogen (secondary N) is 2. The molecule has 21 heavy (non-hydrogen) atoms. The number of hydrogen-bond acceptors (Lipinski definition) is 3. The Bertz CT molecular complexity index is 637. The molecule has 0 radical (unpaired) electrons. The first-order valence-electron chi connectivity index (χ1n) is 7.39. The van der Waals surface area contributed by atoms with Gasteiger partial charge in [-0.3, -0.25) is 4.79 Å². The van der Waals surface area contributed by atoms with Gasteiger partial charge in [0.2, 0.25) is 0 Å². The van der Waals surface area contributed by atoms with Crippen molar-refractivity contribution in [3.8, 4) is 0 Å². The highest BCUT2D eigenvalue weighted by Crippen LogP contribution is 2.24. The number of carbonyl (C=O) groups is 1. The number of benzene rings is 1. The van der Waals surface area contributed by atoms with Crippen molar-refractivity contribution in [3.05, 3.63) is 36.0 Å². The van der Waals surface area contributed by atoms with Gasteiger partial charge in [0, 0.05) is 24.7 Å². The van der Waals surface area contributed by atoms with Crippen molar-refractivity contribution in [2.24, 2.45) is 5.92 Å². The SMILES string of the molecule is CNc1ncc(C(=O)NC(C)CC(C)C)c2ccccc12. The monoisotopic (exact) mass is 285 g/mol. The van der Waals surface area contributed by atoms with Crippen LogP contribution in [0.4, 0.5) is 5.82 Å². The fraction of sp³-hybridized carbons (Fsp3) is 0.412. The maximum atomic E-state index is 12.5. The van der Waals surface area contributed by atoms with E-state index in [-0.39, 0.29) is 11.9 Å². The molecule has 0 saturated heterocycles. The van der Waals surface area contributed by atoms with Crippen LogP contribution in [0.15, 0.2) is 30.5 Å². The molecule has 2 rings (SSSR count). The van der Waals surface area contributed by atoms with Crippen molar-refractivity contribution in [2.75, 3.05) is 12.4 Å². The molecule has 0 fully saturated rings. The van der Waals surface area contributed by atoms with Crippen molar-refractivity contribution in [1.82, 2.24) is 10.3 Å². The minimum atomic E-state index is -0.0606. The Morgan fingerprint density at radius 3 is 2.48 bits per heavy atom. The molecule has 2 N–H and O–H groups in total. The van der Waals surface area contributed by atoms with Gasteiger partial charge >= 0.3 is 0 Å². The van der Waals surface area contributed by atoms with E-state index in [9.17, 15) is 4.79 Å². The molecule has 0 aliphatic rings. The number of anilines is 1. The largest absolute Gasteiger partial charge is 0.373 e. The van der Waals surface area contributed by atoms with E-state index in [4.69, 9.17) is 0 Å². The quantitative estimate of drug-likeness (QED) is 0.884. The van der Waals surface area contributed by atoms with Gasteiger partial charge in [0.15, 0.2) is 0 Å². The Hall–Kier alpha value is -2.10. The third-order valence-electron chi connectivity index (χ3n) is 3.48. The number of fused-ring (bicyclic) bond motifs is 1. The fourth-order valence-corrected chi connectivity index (χ4v) is 2.64. The molecular formula is C17H23N3O. The predicted octanol–water partition coefficient (Wildman–Crippen LogP) is 3.44. The van der Waals surface area contributed by atoms with Gasteiger partial charge in [0.1, 0.15) is 5.82 Å². The highest BCUT2D eigenvalue weighted by molar-refractivity contribution is 6.09. The average Bonchev–Trinajstić information content (AvgIpc) is 2.44. The van der Waals surface area contributed by atoms with Crippen LogP contribution in [0, 0.1) is 5.92 Å². The van der Waals surface area contributed by atoms with Gasteiger partial charge < -0.3 is 10.6 Å². The van der Waals surface area contributed by atoms with E-state index in [0.29, 0.717) is 11.5 Å². The first-order chi connectivity index (χ1) is 10.0. The van der Waals surface area contributed by atoms with Crippen LogP contribution < -0.4 is 10.6 Å². The van der Waals surface area contributed by atoms with Crippen molar-refractivity contribution in [2.45, 2.75) is 33.2 Å². The summed E-state index contributed by atoms with van der Waals surface area (Å²) in [5.41, 5.74) is 0.625. The van der Waals surface area contributed by atoms with Crippen LogP contribution in [0.3, 0.4) is 0 Å². The van der Waals surface area contributed by atoms with Crippen LogP contribution in [0.5, 0.6) is 0 Å². The lowest BCUT2D eigenvalue weighted by Gasteiger charge is -2.17. The molecule has 1 unspecified atom stereocenters. The van der Waals surface area contributed by atoms with E-state index in [1.54, 1.807) is 6.20 Å². The first-order valence-corrected chi connectivity index (χ1v) is 7.39. The van der Waals surface area contributed by atoms with Crippen LogP contribution in [0.25, 0.3) is 10.8 Å². The van der Waals surface area contributed by atoms with E-state index >= 15 is 0 Å². The van der Waals surface area contributed by atoms with E-state index in [1.165, 1.54) is 0 Å². The number of pyridine rings is 1. The molecule has 1 atom stereocenters. The summed E-state index contributed by atoms with van der Waals surface area (Å²) in [7, 11) is 1.83. The van der Waals surface area contributed by atoms with Gasteiger partial charge in [-0.05, 0) is 24.6 Å². The van der Waals surface area contributed by atoms with Crippen molar-refractivity contribution >= 4 is 22.5 Å². The molecule has 0 bridgehead atoms.